The van der Waals surface area contributed by atoms with Gasteiger partial charge in [-0.05, 0) is 25.1 Å². The summed E-state index contributed by atoms with van der Waals surface area (Å²) in [7, 11) is -4.15. The summed E-state index contributed by atoms with van der Waals surface area (Å²) < 4.78 is 26.2. The number of nitro benzene ring substituents is 1. The highest BCUT2D eigenvalue weighted by Gasteiger charge is 2.22. The van der Waals surface area contributed by atoms with Gasteiger partial charge in [-0.1, -0.05) is 17.7 Å². The van der Waals surface area contributed by atoms with Crippen molar-refractivity contribution in [1.29, 1.82) is 0 Å². The third-order valence-corrected chi connectivity index (χ3v) is 5.19. The number of nitrogens with zero attached hydrogens (tertiary/aromatic N) is 3. The molecule has 1 aromatic heterocycles. The normalized spacial score (nSPS) is 11.5. The lowest BCUT2D eigenvalue weighted by Gasteiger charge is -2.10. The van der Waals surface area contributed by atoms with Crippen LogP contribution in [0.2, 0.25) is 0 Å². The third-order valence-electron chi connectivity index (χ3n) is 3.46. The number of aryl methyl sites for hydroxylation is 1. The zero-order valence-electron chi connectivity index (χ0n) is 12.4. The molecule has 1 heterocycles. The first-order valence-corrected chi connectivity index (χ1v) is 8.23. The van der Waals surface area contributed by atoms with Crippen LogP contribution in [0.5, 0.6) is 0 Å². The van der Waals surface area contributed by atoms with Crippen molar-refractivity contribution in [2.24, 2.45) is 0 Å². The molecule has 0 aliphatic heterocycles. The van der Waals surface area contributed by atoms with Crippen LogP contribution in [0.4, 0.5) is 5.69 Å². The fourth-order valence-electron chi connectivity index (χ4n) is 2.26. The highest BCUT2D eigenvalue weighted by molar-refractivity contribution is 7.90. The van der Waals surface area contributed by atoms with Gasteiger partial charge in [-0.2, -0.15) is 3.97 Å². The molecule has 2 aromatic carbocycles. The summed E-state index contributed by atoms with van der Waals surface area (Å²) in [4.78, 5) is 26.1. The van der Waals surface area contributed by atoms with Gasteiger partial charge in [0.05, 0.1) is 27.0 Å². The molecule has 0 N–H and O–H groups in total. The zero-order valence-corrected chi connectivity index (χ0v) is 13.2. The summed E-state index contributed by atoms with van der Waals surface area (Å²) >= 11 is 0. The smallest absolute Gasteiger partial charge is 0.266 e. The SMILES string of the molecule is Cc1ccc(S(=O)(=O)n2c(=O)cnc3cc([N+](=O)[O-])ccc32)cc1. The number of fused-ring (bicyclic) bond motifs is 1. The highest BCUT2D eigenvalue weighted by atomic mass is 32.2. The number of nitro groups is 1. The molecule has 0 radical (unpaired) electrons. The minimum atomic E-state index is -4.15. The first-order valence-electron chi connectivity index (χ1n) is 6.79. The average Bonchev–Trinajstić information content (AvgIpc) is 2.54. The molecule has 9 heteroatoms. The Bertz CT molecular complexity index is 1120. The Morgan fingerprint density at radius 1 is 1.12 bits per heavy atom. The number of hydrogen-bond donors (Lipinski definition) is 0. The van der Waals surface area contributed by atoms with Crippen LogP contribution in [0.3, 0.4) is 0 Å². The fraction of sp³-hybridized carbons (Fsp3) is 0.0667. The van der Waals surface area contributed by atoms with Gasteiger partial charge in [0.25, 0.3) is 21.3 Å². The predicted octanol–water partition coefficient (Wildman–Crippen LogP) is 1.85. The van der Waals surface area contributed by atoms with Crippen molar-refractivity contribution in [3.63, 3.8) is 0 Å². The van der Waals surface area contributed by atoms with Gasteiger partial charge in [-0.25, -0.2) is 13.4 Å². The van der Waals surface area contributed by atoms with Gasteiger partial charge >= 0.3 is 0 Å². The number of rotatable bonds is 3. The summed E-state index contributed by atoms with van der Waals surface area (Å²) in [5.74, 6) is 0. The molecule has 0 atom stereocenters. The number of non-ortho nitro benzene ring substituents is 1. The van der Waals surface area contributed by atoms with Crippen molar-refractivity contribution in [3.05, 3.63) is 74.7 Å². The molecule has 0 amide bonds. The highest BCUT2D eigenvalue weighted by Crippen LogP contribution is 2.21. The molecule has 0 aliphatic rings. The fourth-order valence-corrected chi connectivity index (χ4v) is 3.65. The first-order chi connectivity index (χ1) is 11.3. The van der Waals surface area contributed by atoms with E-state index in [0.29, 0.717) is 3.97 Å². The van der Waals surface area contributed by atoms with E-state index in [0.717, 1.165) is 23.9 Å². The largest absolute Gasteiger partial charge is 0.283 e. The van der Waals surface area contributed by atoms with E-state index >= 15 is 0 Å². The third kappa shape index (κ3) is 2.54. The summed E-state index contributed by atoms with van der Waals surface area (Å²) in [5.41, 5.74) is -0.186. The lowest BCUT2D eigenvalue weighted by atomic mass is 10.2. The Balaban J connectivity index is 2.32. The Labute approximate surface area is 136 Å². The van der Waals surface area contributed by atoms with E-state index < -0.39 is 20.5 Å². The molecule has 0 aliphatic carbocycles. The summed E-state index contributed by atoms with van der Waals surface area (Å²) in [5, 5.41) is 10.8. The molecule has 3 aromatic rings. The Morgan fingerprint density at radius 3 is 2.42 bits per heavy atom. The van der Waals surface area contributed by atoms with E-state index in [2.05, 4.69) is 4.98 Å². The quantitative estimate of drug-likeness (QED) is 0.529. The van der Waals surface area contributed by atoms with Crippen LogP contribution in [-0.4, -0.2) is 22.3 Å². The molecular formula is C15H11N3O5S. The van der Waals surface area contributed by atoms with Crippen LogP contribution < -0.4 is 5.56 Å². The molecule has 0 spiro atoms. The molecule has 122 valence electrons. The Kier molecular flexibility index (Phi) is 3.64. The lowest BCUT2D eigenvalue weighted by molar-refractivity contribution is -0.384. The van der Waals surface area contributed by atoms with E-state index in [4.69, 9.17) is 0 Å². The molecule has 8 nitrogen and oxygen atoms in total. The van der Waals surface area contributed by atoms with Gasteiger partial charge in [0.2, 0.25) is 0 Å². The van der Waals surface area contributed by atoms with Crippen LogP contribution in [0.15, 0.2) is 58.4 Å². The second-order valence-electron chi connectivity index (χ2n) is 5.11. The average molecular weight is 345 g/mol. The minimum absolute atomic E-state index is 0.0197. The molecule has 0 saturated heterocycles. The molecule has 0 fully saturated rings. The van der Waals surface area contributed by atoms with Crippen molar-refractivity contribution < 1.29 is 13.3 Å². The molecule has 0 bridgehead atoms. The topological polar surface area (TPSA) is 112 Å². The Hall–Kier alpha value is -3.07. The van der Waals surface area contributed by atoms with E-state index in [1.165, 1.54) is 18.2 Å². The number of hydrogen-bond acceptors (Lipinski definition) is 6. The van der Waals surface area contributed by atoms with Gasteiger partial charge in [-0.3, -0.25) is 14.9 Å². The molecule has 3 rings (SSSR count). The monoisotopic (exact) mass is 345 g/mol. The van der Waals surface area contributed by atoms with Crippen LogP contribution >= 0.6 is 0 Å². The second kappa shape index (κ2) is 5.53. The maximum Gasteiger partial charge on any atom is 0.283 e. The van der Waals surface area contributed by atoms with E-state index in [1.54, 1.807) is 12.1 Å². The number of benzene rings is 2. The number of aromatic nitrogens is 2. The second-order valence-corrected chi connectivity index (χ2v) is 6.90. The van der Waals surface area contributed by atoms with Gasteiger partial charge in [0.1, 0.15) is 0 Å². The minimum Gasteiger partial charge on any atom is -0.266 e. The van der Waals surface area contributed by atoms with E-state index in [9.17, 15) is 23.3 Å². The maximum atomic E-state index is 12.8. The zero-order chi connectivity index (χ0) is 17.5. The predicted molar refractivity (Wildman–Crippen MR) is 86.4 cm³/mol. The van der Waals surface area contributed by atoms with Gasteiger partial charge in [0, 0.05) is 12.1 Å². The van der Waals surface area contributed by atoms with Crippen LogP contribution in [0.1, 0.15) is 5.56 Å². The summed E-state index contributed by atoms with van der Waals surface area (Å²) in [6, 6.07) is 9.48. The summed E-state index contributed by atoms with van der Waals surface area (Å²) in [6.45, 7) is 1.81. The Morgan fingerprint density at radius 2 is 1.79 bits per heavy atom. The van der Waals surface area contributed by atoms with Gasteiger partial charge < -0.3 is 0 Å². The van der Waals surface area contributed by atoms with Crippen molar-refractivity contribution in [2.75, 3.05) is 0 Å². The molecule has 24 heavy (non-hydrogen) atoms. The van der Waals surface area contributed by atoms with Gasteiger partial charge in [0.15, 0.2) is 0 Å². The molecular weight excluding hydrogens is 334 g/mol. The van der Waals surface area contributed by atoms with Crippen molar-refractivity contribution >= 4 is 26.7 Å². The van der Waals surface area contributed by atoms with Crippen molar-refractivity contribution in [2.45, 2.75) is 11.8 Å². The molecule has 0 saturated carbocycles. The van der Waals surface area contributed by atoms with E-state index in [-0.39, 0.29) is 21.6 Å². The van der Waals surface area contributed by atoms with E-state index in [1.807, 2.05) is 6.92 Å². The lowest BCUT2D eigenvalue weighted by Crippen LogP contribution is -2.27. The van der Waals surface area contributed by atoms with Crippen LogP contribution in [0, 0.1) is 17.0 Å². The van der Waals surface area contributed by atoms with Crippen molar-refractivity contribution in [1.82, 2.24) is 8.96 Å². The maximum absolute atomic E-state index is 12.8. The molecule has 0 unspecified atom stereocenters. The summed E-state index contributed by atoms with van der Waals surface area (Å²) in [6.07, 6.45) is 0.831. The van der Waals surface area contributed by atoms with Crippen LogP contribution in [-0.2, 0) is 10.0 Å². The van der Waals surface area contributed by atoms with Gasteiger partial charge in [-0.15, -0.1) is 0 Å². The first kappa shape index (κ1) is 15.8. The standard InChI is InChI=1S/C15H11N3O5S/c1-10-2-5-12(6-3-10)24(22,23)17-14-7-4-11(18(20)21)8-13(14)16-9-15(17)19/h2-9H,1H3. The van der Waals surface area contributed by atoms with Crippen molar-refractivity contribution in [3.8, 4) is 0 Å². The van der Waals surface area contributed by atoms with Crippen LogP contribution in [0.25, 0.3) is 11.0 Å².